The summed E-state index contributed by atoms with van der Waals surface area (Å²) in [5.74, 6) is 0.319. The Hall–Kier alpha value is 0.0700. The van der Waals surface area contributed by atoms with Crippen molar-refractivity contribution in [2.24, 2.45) is 5.92 Å². The molecule has 0 aromatic heterocycles. The van der Waals surface area contributed by atoms with E-state index in [4.69, 9.17) is 0 Å². The molecule has 0 aliphatic rings. The Labute approximate surface area is 76.5 Å². The first-order valence-corrected chi connectivity index (χ1v) is 5.58. The monoisotopic (exact) mass is 193 g/mol. The zero-order valence-electron chi connectivity index (χ0n) is 7.66. The molecule has 0 aliphatic heterocycles. The lowest BCUT2D eigenvalue weighted by molar-refractivity contribution is 0.159. The van der Waals surface area contributed by atoms with Gasteiger partial charge in [0.15, 0.2) is 0 Å². The summed E-state index contributed by atoms with van der Waals surface area (Å²) in [5.41, 5.74) is 0. The van der Waals surface area contributed by atoms with Gasteiger partial charge >= 0.3 is 0 Å². The van der Waals surface area contributed by atoms with Crippen LogP contribution in [0.25, 0.3) is 0 Å². The van der Waals surface area contributed by atoms with Crippen molar-refractivity contribution < 1.29 is 13.9 Å². The molecule has 0 aromatic carbocycles. The fourth-order valence-corrected chi connectivity index (χ4v) is 1.68. The Morgan fingerprint density at radius 2 is 1.92 bits per heavy atom. The molecule has 0 amide bonds. The molecule has 0 radical (unpaired) electrons. The molecule has 0 rings (SSSR count). The van der Waals surface area contributed by atoms with Gasteiger partial charge in [-0.15, -0.1) is 0 Å². The van der Waals surface area contributed by atoms with E-state index >= 15 is 0 Å². The van der Waals surface area contributed by atoms with Gasteiger partial charge in [-0.2, -0.15) is 0 Å². The smallest absolute Gasteiger partial charge is 0.0646 e. The molecule has 2 atom stereocenters. The van der Waals surface area contributed by atoms with Crippen molar-refractivity contribution in [3.63, 3.8) is 0 Å². The minimum absolute atomic E-state index is 0.128. The Balaban J connectivity index is 3.65. The summed E-state index contributed by atoms with van der Waals surface area (Å²) in [6.07, 6.45) is 1.91. The summed E-state index contributed by atoms with van der Waals surface area (Å²) in [7, 11) is 0. The van der Waals surface area contributed by atoms with E-state index in [2.05, 4.69) is 13.8 Å². The number of hydrogen-bond acceptors (Lipinski definition) is 3. The standard InChI is InChI=1S/C8H18O3S/c1-3-7(4-2)5-8(9)6-12(10)11/h7-9H,3-6H2,1-2H3,(H,10,11)/p-1. The number of aliphatic hydroxyl groups is 1. The lowest BCUT2D eigenvalue weighted by Gasteiger charge is -2.17. The highest BCUT2D eigenvalue weighted by molar-refractivity contribution is 7.79. The van der Waals surface area contributed by atoms with Gasteiger partial charge in [0.1, 0.15) is 0 Å². The first kappa shape index (κ1) is 12.1. The maximum Gasteiger partial charge on any atom is 0.0646 e. The number of hydrogen-bond donors (Lipinski definition) is 1. The average molecular weight is 193 g/mol. The fraction of sp³-hybridized carbons (Fsp3) is 1.00. The van der Waals surface area contributed by atoms with E-state index in [1.807, 2.05) is 0 Å². The van der Waals surface area contributed by atoms with Crippen LogP contribution in [0.2, 0.25) is 0 Å². The third-order valence-corrected chi connectivity index (χ3v) is 2.75. The molecule has 3 nitrogen and oxygen atoms in total. The van der Waals surface area contributed by atoms with Crippen molar-refractivity contribution in [2.45, 2.75) is 39.2 Å². The van der Waals surface area contributed by atoms with E-state index in [0.29, 0.717) is 12.3 Å². The normalized spacial score (nSPS) is 16.4. The van der Waals surface area contributed by atoms with E-state index in [1.54, 1.807) is 0 Å². The Kier molecular flexibility index (Phi) is 6.61. The molecule has 0 saturated carbocycles. The highest BCUT2D eigenvalue weighted by Crippen LogP contribution is 2.14. The van der Waals surface area contributed by atoms with Crippen molar-refractivity contribution in [1.82, 2.24) is 0 Å². The van der Waals surface area contributed by atoms with E-state index < -0.39 is 17.2 Å². The predicted molar refractivity (Wildman–Crippen MR) is 48.5 cm³/mol. The minimum Gasteiger partial charge on any atom is -0.772 e. The first-order valence-electron chi connectivity index (χ1n) is 4.34. The molecule has 0 aliphatic carbocycles. The van der Waals surface area contributed by atoms with Crippen LogP contribution in [0.15, 0.2) is 0 Å². The van der Waals surface area contributed by atoms with E-state index in [0.717, 1.165) is 12.8 Å². The SMILES string of the molecule is CCC(CC)CC(O)CS(=O)[O-]. The van der Waals surface area contributed by atoms with Crippen molar-refractivity contribution in [3.8, 4) is 0 Å². The van der Waals surface area contributed by atoms with Gasteiger partial charge < -0.3 is 9.66 Å². The Bertz CT molecular complexity index is 134. The molecule has 0 bridgehead atoms. The molecule has 0 aromatic rings. The summed E-state index contributed by atoms with van der Waals surface area (Å²) in [6.45, 7) is 4.10. The molecule has 0 saturated heterocycles. The molecule has 2 unspecified atom stereocenters. The zero-order chi connectivity index (χ0) is 9.56. The van der Waals surface area contributed by atoms with Crippen LogP contribution in [0.3, 0.4) is 0 Å². The number of aliphatic hydroxyl groups excluding tert-OH is 1. The highest BCUT2D eigenvalue weighted by Gasteiger charge is 2.10. The van der Waals surface area contributed by atoms with E-state index in [9.17, 15) is 13.9 Å². The van der Waals surface area contributed by atoms with Gasteiger partial charge in [-0.1, -0.05) is 37.8 Å². The van der Waals surface area contributed by atoms with Crippen molar-refractivity contribution in [3.05, 3.63) is 0 Å². The van der Waals surface area contributed by atoms with Crippen LogP contribution in [0.4, 0.5) is 0 Å². The summed E-state index contributed by atoms with van der Waals surface area (Å²) in [5, 5.41) is 9.26. The average Bonchev–Trinajstić information content (AvgIpc) is 1.98. The number of rotatable bonds is 6. The third-order valence-electron chi connectivity index (χ3n) is 2.09. The lowest BCUT2D eigenvalue weighted by Crippen LogP contribution is -2.19. The molecule has 1 N–H and O–H groups in total. The van der Waals surface area contributed by atoms with Gasteiger partial charge in [-0.05, 0) is 12.3 Å². The second-order valence-corrected chi connectivity index (χ2v) is 3.98. The van der Waals surface area contributed by atoms with Crippen LogP contribution >= 0.6 is 0 Å². The topological polar surface area (TPSA) is 60.4 Å². The first-order chi connectivity index (χ1) is 5.60. The molecule has 0 spiro atoms. The van der Waals surface area contributed by atoms with Gasteiger partial charge in [-0.25, -0.2) is 0 Å². The van der Waals surface area contributed by atoms with Gasteiger partial charge in [0.2, 0.25) is 0 Å². The summed E-state index contributed by atoms with van der Waals surface area (Å²) >= 11 is -2.12. The molecule has 74 valence electrons. The van der Waals surface area contributed by atoms with Crippen molar-refractivity contribution >= 4 is 11.1 Å². The van der Waals surface area contributed by atoms with Crippen LogP contribution in [-0.2, 0) is 11.1 Å². The van der Waals surface area contributed by atoms with Gasteiger partial charge in [-0.3, -0.25) is 4.21 Å². The van der Waals surface area contributed by atoms with Gasteiger partial charge in [0, 0.05) is 5.75 Å². The summed E-state index contributed by atoms with van der Waals surface area (Å²) in [6, 6.07) is 0. The molecule has 12 heavy (non-hydrogen) atoms. The van der Waals surface area contributed by atoms with Crippen LogP contribution < -0.4 is 0 Å². The maximum absolute atomic E-state index is 10.2. The van der Waals surface area contributed by atoms with Crippen LogP contribution in [0, 0.1) is 5.92 Å². The molecule has 0 heterocycles. The van der Waals surface area contributed by atoms with Crippen molar-refractivity contribution in [2.75, 3.05) is 5.75 Å². The second-order valence-electron chi connectivity index (χ2n) is 3.04. The molecule has 0 fully saturated rings. The van der Waals surface area contributed by atoms with E-state index in [1.165, 1.54) is 0 Å². The molecule has 4 heteroatoms. The molecular weight excluding hydrogens is 176 g/mol. The lowest BCUT2D eigenvalue weighted by atomic mass is 9.97. The molecular formula is C8H17O3S-. The largest absolute Gasteiger partial charge is 0.772 e. The van der Waals surface area contributed by atoms with E-state index in [-0.39, 0.29) is 5.75 Å². The zero-order valence-corrected chi connectivity index (χ0v) is 8.47. The Morgan fingerprint density at radius 3 is 2.25 bits per heavy atom. The summed E-state index contributed by atoms with van der Waals surface area (Å²) in [4.78, 5) is 0. The fourth-order valence-electron chi connectivity index (χ4n) is 1.23. The van der Waals surface area contributed by atoms with Crippen LogP contribution in [0.5, 0.6) is 0 Å². The third kappa shape index (κ3) is 5.69. The van der Waals surface area contributed by atoms with Gasteiger partial charge in [0.05, 0.1) is 6.10 Å². The highest BCUT2D eigenvalue weighted by atomic mass is 32.2. The minimum atomic E-state index is -2.12. The van der Waals surface area contributed by atoms with Crippen LogP contribution in [0.1, 0.15) is 33.1 Å². The van der Waals surface area contributed by atoms with Gasteiger partial charge in [0.25, 0.3) is 0 Å². The predicted octanol–water partition coefficient (Wildman–Crippen LogP) is 1.05. The van der Waals surface area contributed by atoms with Crippen LogP contribution in [-0.4, -0.2) is 25.7 Å². The second kappa shape index (κ2) is 6.57. The summed E-state index contributed by atoms with van der Waals surface area (Å²) < 4.78 is 20.4. The maximum atomic E-state index is 10.2. The quantitative estimate of drug-likeness (QED) is 0.641. The Morgan fingerprint density at radius 1 is 1.42 bits per heavy atom. The van der Waals surface area contributed by atoms with Crippen molar-refractivity contribution in [1.29, 1.82) is 0 Å².